The normalized spacial score (nSPS) is 16.7. The first-order valence-corrected chi connectivity index (χ1v) is 6.97. The Kier molecular flexibility index (Phi) is 2.40. The summed E-state index contributed by atoms with van der Waals surface area (Å²) in [6.07, 6.45) is 0. The van der Waals surface area contributed by atoms with Gasteiger partial charge >= 0.3 is 0 Å². The minimum absolute atomic E-state index is 0.362. The van der Waals surface area contributed by atoms with E-state index in [1.807, 2.05) is 62.4 Å². The molecular weight excluding hydrogens is 260 g/mol. The molecule has 2 aromatic rings. The number of benzene rings is 2. The molecule has 0 aromatic heterocycles. The smallest absolute Gasteiger partial charge is 0.190 e. The van der Waals surface area contributed by atoms with E-state index in [1.165, 1.54) is 0 Å². The van der Waals surface area contributed by atoms with E-state index in [2.05, 4.69) is 11.8 Å². The van der Waals surface area contributed by atoms with Crippen molar-refractivity contribution in [3.05, 3.63) is 71.0 Å². The molecule has 2 nitrogen and oxygen atoms in total. The predicted octanol–water partition coefficient (Wildman–Crippen LogP) is 3.96. The van der Waals surface area contributed by atoms with Gasteiger partial charge in [-0.1, -0.05) is 30.0 Å². The van der Waals surface area contributed by atoms with Crippen molar-refractivity contribution in [1.29, 1.82) is 0 Å². The second kappa shape index (κ2) is 4.17. The summed E-state index contributed by atoms with van der Waals surface area (Å²) in [5, 5.41) is 0. The fourth-order valence-corrected chi connectivity index (χ4v) is 2.51. The highest BCUT2D eigenvalue weighted by molar-refractivity contribution is 5.80. The molecule has 0 N–H and O–H groups in total. The molecule has 0 radical (unpaired) electrons. The predicted molar refractivity (Wildman–Crippen MR) is 81.6 cm³/mol. The van der Waals surface area contributed by atoms with E-state index in [1.54, 1.807) is 0 Å². The third-order valence-corrected chi connectivity index (χ3v) is 3.63. The monoisotopic (exact) mass is 274 g/mol. The van der Waals surface area contributed by atoms with Crippen LogP contribution in [0.4, 0.5) is 0 Å². The summed E-state index contributed by atoms with van der Waals surface area (Å²) in [5.41, 5.74) is 2.61. The lowest BCUT2D eigenvalue weighted by Gasteiger charge is -2.24. The summed E-state index contributed by atoms with van der Waals surface area (Å²) in [6, 6.07) is 16.0. The SMILES string of the molecule is CC1(C)Oc2ccc(C#Cc3ccccc3)cc2C2=C1O2. The standard InChI is InChI=1S/C19H14O2/c1-19(2)18-17(20-18)15-12-14(10-11-16(15)21-19)9-8-13-6-4-3-5-7-13/h3-7,10-12H,1-2H3. The molecule has 4 rings (SSSR count). The van der Waals surface area contributed by atoms with Crippen LogP contribution in [0.25, 0.3) is 5.76 Å². The summed E-state index contributed by atoms with van der Waals surface area (Å²) in [6.45, 7) is 4.03. The second-order valence-corrected chi connectivity index (χ2v) is 5.70. The molecule has 0 unspecified atom stereocenters. The van der Waals surface area contributed by atoms with E-state index < -0.39 is 0 Å². The van der Waals surface area contributed by atoms with E-state index in [0.29, 0.717) is 0 Å². The molecule has 0 saturated carbocycles. The van der Waals surface area contributed by atoms with Gasteiger partial charge in [0.05, 0.1) is 5.56 Å². The minimum atomic E-state index is -0.362. The molecule has 0 fully saturated rings. The highest BCUT2D eigenvalue weighted by Crippen LogP contribution is 2.51. The first-order chi connectivity index (χ1) is 10.1. The first-order valence-electron chi connectivity index (χ1n) is 6.97. The van der Waals surface area contributed by atoms with E-state index in [0.717, 1.165) is 34.0 Å². The quantitative estimate of drug-likeness (QED) is 0.678. The van der Waals surface area contributed by atoms with Crippen LogP contribution in [0, 0.1) is 11.8 Å². The van der Waals surface area contributed by atoms with Crippen LogP contribution in [0.3, 0.4) is 0 Å². The molecular formula is C19H14O2. The zero-order valence-electron chi connectivity index (χ0n) is 11.9. The molecule has 2 aliphatic rings. The second-order valence-electron chi connectivity index (χ2n) is 5.70. The minimum Gasteiger partial charge on any atom is -0.479 e. The van der Waals surface area contributed by atoms with Crippen LogP contribution in [0.1, 0.15) is 30.5 Å². The van der Waals surface area contributed by atoms with Gasteiger partial charge < -0.3 is 9.47 Å². The van der Waals surface area contributed by atoms with Gasteiger partial charge in [0.25, 0.3) is 0 Å². The number of hydrogen-bond acceptors (Lipinski definition) is 2. The zero-order valence-corrected chi connectivity index (χ0v) is 11.9. The summed E-state index contributed by atoms with van der Waals surface area (Å²) in [5.74, 6) is 9.10. The maximum absolute atomic E-state index is 5.96. The van der Waals surface area contributed by atoms with Crippen molar-refractivity contribution in [1.82, 2.24) is 0 Å². The summed E-state index contributed by atoms with van der Waals surface area (Å²) < 4.78 is 11.6. The van der Waals surface area contributed by atoms with Crippen LogP contribution >= 0.6 is 0 Å². The highest BCUT2D eigenvalue weighted by Gasteiger charge is 2.47. The lowest BCUT2D eigenvalue weighted by Crippen LogP contribution is -2.28. The van der Waals surface area contributed by atoms with Gasteiger partial charge in [-0.2, -0.15) is 0 Å². The number of hydrogen-bond donors (Lipinski definition) is 0. The Morgan fingerprint density at radius 3 is 2.48 bits per heavy atom. The van der Waals surface area contributed by atoms with Gasteiger partial charge in [-0.25, -0.2) is 0 Å². The maximum atomic E-state index is 5.96. The van der Waals surface area contributed by atoms with Crippen molar-refractivity contribution in [3.8, 4) is 17.6 Å². The Morgan fingerprint density at radius 1 is 0.905 bits per heavy atom. The summed E-state index contributed by atoms with van der Waals surface area (Å²) in [4.78, 5) is 0. The molecule has 0 saturated heterocycles. The van der Waals surface area contributed by atoms with Gasteiger partial charge in [0.2, 0.25) is 0 Å². The molecule has 2 aromatic carbocycles. The van der Waals surface area contributed by atoms with Crippen LogP contribution in [0.15, 0.2) is 54.3 Å². The molecule has 0 aliphatic carbocycles. The summed E-state index contributed by atoms with van der Waals surface area (Å²) in [7, 11) is 0. The average molecular weight is 274 g/mol. The third-order valence-electron chi connectivity index (χ3n) is 3.63. The molecule has 0 atom stereocenters. The van der Waals surface area contributed by atoms with Crippen molar-refractivity contribution in [2.45, 2.75) is 19.4 Å². The molecule has 2 aliphatic heterocycles. The fraction of sp³-hybridized carbons (Fsp3) is 0.158. The Morgan fingerprint density at radius 2 is 1.67 bits per heavy atom. The average Bonchev–Trinajstić information content (AvgIpc) is 3.28. The third kappa shape index (κ3) is 2.08. The number of rotatable bonds is 0. The zero-order chi connectivity index (χ0) is 14.4. The fourth-order valence-electron chi connectivity index (χ4n) is 2.51. The van der Waals surface area contributed by atoms with E-state index in [-0.39, 0.29) is 5.60 Å². The molecule has 21 heavy (non-hydrogen) atoms. The Hall–Kier alpha value is -2.66. The van der Waals surface area contributed by atoms with E-state index in [4.69, 9.17) is 9.47 Å². The lowest BCUT2D eigenvalue weighted by molar-refractivity contribution is 0.129. The molecule has 102 valence electrons. The van der Waals surface area contributed by atoms with Crippen molar-refractivity contribution < 1.29 is 9.47 Å². The van der Waals surface area contributed by atoms with Gasteiger partial charge in [0.1, 0.15) is 5.75 Å². The first kappa shape index (κ1) is 12.1. The number of fused-ring (bicyclic) bond motifs is 2. The molecule has 0 amide bonds. The molecule has 2 heteroatoms. The van der Waals surface area contributed by atoms with Gasteiger partial charge in [-0.15, -0.1) is 0 Å². The van der Waals surface area contributed by atoms with Crippen LogP contribution in [0.5, 0.6) is 5.75 Å². The van der Waals surface area contributed by atoms with Crippen LogP contribution < -0.4 is 4.74 Å². The van der Waals surface area contributed by atoms with Crippen LogP contribution in [0.2, 0.25) is 0 Å². The Balaban J connectivity index is 1.70. The van der Waals surface area contributed by atoms with Crippen molar-refractivity contribution in [2.75, 3.05) is 0 Å². The Labute approximate surface area is 124 Å². The van der Waals surface area contributed by atoms with Crippen LogP contribution in [-0.2, 0) is 4.74 Å². The van der Waals surface area contributed by atoms with Gasteiger partial charge in [-0.3, -0.25) is 0 Å². The van der Waals surface area contributed by atoms with Crippen LogP contribution in [-0.4, -0.2) is 5.60 Å². The highest BCUT2D eigenvalue weighted by atomic mass is 16.6. The van der Waals surface area contributed by atoms with E-state index in [9.17, 15) is 0 Å². The van der Waals surface area contributed by atoms with E-state index >= 15 is 0 Å². The lowest BCUT2D eigenvalue weighted by atomic mass is 10.0. The molecule has 0 spiro atoms. The Bertz CT molecular complexity index is 818. The van der Waals surface area contributed by atoms with Crippen molar-refractivity contribution in [3.63, 3.8) is 0 Å². The topological polar surface area (TPSA) is 21.8 Å². The maximum Gasteiger partial charge on any atom is 0.190 e. The largest absolute Gasteiger partial charge is 0.479 e. The molecule has 0 bridgehead atoms. The van der Waals surface area contributed by atoms with Gasteiger partial charge in [0, 0.05) is 11.1 Å². The van der Waals surface area contributed by atoms with Crippen molar-refractivity contribution >= 4 is 5.76 Å². The van der Waals surface area contributed by atoms with Gasteiger partial charge in [-0.05, 0) is 44.2 Å². The summed E-state index contributed by atoms with van der Waals surface area (Å²) >= 11 is 0. The number of ether oxygens (including phenoxy) is 2. The van der Waals surface area contributed by atoms with Gasteiger partial charge in [0.15, 0.2) is 17.1 Å². The molecule has 2 heterocycles. The van der Waals surface area contributed by atoms with Crippen molar-refractivity contribution in [2.24, 2.45) is 0 Å².